The first-order valence-corrected chi connectivity index (χ1v) is 6.94. The highest BCUT2D eigenvalue weighted by atomic mass is 35.5. The van der Waals surface area contributed by atoms with Gasteiger partial charge in [0, 0.05) is 11.5 Å². The van der Waals surface area contributed by atoms with Gasteiger partial charge in [0.05, 0.1) is 12.5 Å². The van der Waals surface area contributed by atoms with Crippen molar-refractivity contribution >= 4 is 21.7 Å². The summed E-state index contributed by atoms with van der Waals surface area (Å²) in [6.07, 6.45) is 8.66. The predicted octanol–water partition coefficient (Wildman–Crippen LogP) is 1.93. The molecule has 0 bridgehead atoms. The SMILES string of the molecule is CS(=O)(=O)OC1(c2cnco2)C=CC=C(Cl)C1. The first kappa shape index (κ1) is 12.3. The topological polar surface area (TPSA) is 69.4 Å². The molecule has 2 rings (SSSR count). The first-order chi connectivity index (χ1) is 7.91. The minimum atomic E-state index is -3.66. The van der Waals surface area contributed by atoms with E-state index in [9.17, 15) is 8.42 Å². The smallest absolute Gasteiger partial charge is 0.265 e. The van der Waals surface area contributed by atoms with E-state index in [1.807, 2.05) is 0 Å². The normalized spacial score (nSPS) is 24.7. The van der Waals surface area contributed by atoms with Crippen molar-refractivity contribution in [2.45, 2.75) is 12.0 Å². The second-order valence-electron chi connectivity index (χ2n) is 3.69. The number of hydrogen-bond acceptors (Lipinski definition) is 5. The zero-order valence-corrected chi connectivity index (χ0v) is 10.5. The zero-order chi connectivity index (χ0) is 12.5. The van der Waals surface area contributed by atoms with Gasteiger partial charge in [0.25, 0.3) is 10.1 Å². The monoisotopic (exact) mass is 275 g/mol. The van der Waals surface area contributed by atoms with Crippen molar-refractivity contribution in [2.75, 3.05) is 6.26 Å². The molecule has 0 amide bonds. The first-order valence-electron chi connectivity index (χ1n) is 4.75. The summed E-state index contributed by atoms with van der Waals surface area (Å²) < 4.78 is 32.9. The van der Waals surface area contributed by atoms with Crippen LogP contribution in [0.2, 0.25) is 0 Å². The number of rotatable bonds is 3. The van der Waals surface area contributed by atoms with Crippen LogP contribution in [0, 0.1) is 0 Å². The summed E-state index contributed by atoms with van der Waals surface area (Å²) in [5.74, 6) is 0.297. The lowest BCUT2D eigenvalue weighted by Gasteiger charge is -2.28. The van der Waals surface area contributed by atoms with Crippen molar-refractivity contribution in [3.8, 4) is 0 Å². The summed E-state index contributed by atoms with van der Waals surface area (Å²) in [6, 6.07) is 0. The molecule has 1 unspecified atom stereocenters. The summed E-state index contributed by atoms with van der Waals surface area (Å²) in [6.45, 7) is 0. The molecule has 1 aromatic rings. The van der Waals surface area contributed by atoms with Gasteiger partial charge in [-0.05, 0) is 12.2 Å². The fourth-order valence-electron chi connectivity index (χ4n) is 1.64. The van der Waals surface area contributed by atoms with E-state index in [0.717, 1.165) is 6.26 Å². The maximum atomic E-state index is 11.3. The minimum absolute atomic E-state index is 0.188. The van der Waals surface area contributed by atoms with Crippen LogP contribution in [0.3, 0.4) is 0 Å². The summed E-state index contributed by atoms with van der Waals surface area (Å²) in [5, 5.41) is 0.479. The third-order valence-electron chi connectivity index (χ3n) is 2.22. The summed E-state index contributed by atoms with van der Waals surface area (Å²) in [4.78, 5) is 3.76. The second-order valence-corrected chi connectivity index (χ2v) is 5.75. The molecule has 1 atom stereocenters. The van der Waals surface area contributed by atoms with Crippen LogP contribution in [0.15, 0.2) is 40.3 Å². The fraction of sp³-hybridized carbons (Fsp3) is 0.300. The Bertz CT molecular complexity index is 561. The number of oxazole rings is 1. The van der Waals surface area contributed by atoms with E-state index in [0.29, 0.717) is 10.8 Å². The van der Waals surface area contributed by atoms with Gasteiger partial charge in [0.15, 0.2) is 17.8 Å². The molecule has 0 N–H and O–H groups in total. The molecule has 1 heterocycles. The van der Waals surface area contributed by atoms with Gasteiger partial charge in [0.2, 0.25) is 0 Å². The molecule has 0 spiro atoms. The lowest BCUT2D eigenvalue weighted by Crippen LogP contribution is -2.31. The van der Waals surface area contributed by atoms with Gasteiger partial charge in [-0.25, -0.2) is 4.98 Å². The number of aromatic nitrogens is 1. The molecule has 1 aliphatic carbocycles. The lowest BCUT2D eigenvalue weighted by atomic mass is 9.93. The third kappa shape index (κ3) is 2.77. The van der Waals surface area contributed by atoms with Crippen molar-refractivity contribution in [1.82, 2.24) is 4.98 Å². The van der Waals surface area contributed by atoms with Gasteiger partial charge in [-0.1, -0.05) is 17.7 Å². The van der Waals surface area contributed by atoms with Gasteiger partial charge in [-0.2, -0.15) is 8.42 Å². The molecule has 17 heavy (non-hydrogen) atoms. The van der Waals surface area contributed by atoms with Crippen LogP contribution in [0.1, 0.15) is 12.2 Å². The van der Waals surface area contributed by atoms with Crippen LogP contribution in [0.25, 0.3) is 0 Å². The van der Waals surface area contributed by atoms with Crippen LogP contribution in [-0.4, -0.2) is 19.7 Å². The van der Waals surface area contributed by atoms with Crippen LogP contribution >= 0.6 is 11.6 Å². The second kappa shape index (κ2) is 4.29. The Hall–Kier alpha value is -1.11. The predicted molar refractivity (Wildman–Crippen MR) is 61.8 cm³/mol. The highest BCUT2D eigenvalue weighted by molar-refractivity contribution is 7.86. The number of allylic oxidation sites excluding steroid dienone is 2. The average molecular weight is 276 g/mol. The van der Waals surface area contributed by atoms with Crippen molar-refractivity contribution in [3.63, 3.8) is 0 Å². The quantitative estimate of drug-likeness (QED) is 0.789. The molecular weight excluding hydrogens is 266 g/mol. The Labute approximate surface area is 104 Å². The van der Waals surface area contributed by atoms with Gasteiger partial charge >= 0.3 is 0 Å². The molecule has 5 nitrogen and oxygen atoms in total. The molecule has 0 aliphatic heterocycles. The van der Waals surface area contributed by atoms with Crippen molar-refractivity contribution in [3.05, 3.63) is 41.6 Å². The van der Waals surface area contributed by atoms with Gasteiger partial charge in [-0.15, -0.1) is 0 Å². The van der Waals surface area contributed by atoms with Crippen LogP contribution in [0.5, 0.6) is 0 Å². The van der Waals surface area contributed by atoms with E-state index in [1.165, 1.54) is 12.6 Å². The van der Waals surface area contributed by atoms with Crippen LogP contribution in [-0.2, 0) is 19.9 Å². The molecular formula is C10H10ClNO4S. The molecule has 0 saturated carbocycles. The van der Waals surface area contributed by atoms with Crippen molar-refractivity contribution in [1.29, 1.82) is 0 Å². The van der Waals surface area contributed by atoms with Gasteiger partial charge in [0.1, 0.15) is 0 Å². The largest absolute Gasteiger partial charge is 0.445 e. The molecule has 0 aromatic carbocycles. The standard InChI is InChI=1S/C10H10ClNO4S/c1-17(13,14)16-10(9-6-12-7-15-9)4-2-3-8(11)5-10/h2-4,6-7H,5H2,1H3. The Balaban J connectivity index is 2.45. The summed E-state index contributed by atoms with van der Waals surface area (Å²) >= 11 is 5.92. The highest BCUT2D eigenvalue weighted by Gasteiger charge is 2.39. The van der Waals surface area contributed by atoms with Crippen LogP contribution < -0.4 is 0 Å². The highest BCUT2D eigenvalue weighted by Crippen LogP contribution is 2.38. The van der Waals surface area contributed by atoms with Gasteiger partial charge < -0.3 is 4.42 Å². The number of hydrogen-bond donors (Lipinski definition) is 0. The molecule has 0 radical (unpaired) electrons. The molecule has 7 heteroatoms. The van der Waals surface area contributed by atoms with Gasteiger partial charge in [-0.3, -0.25) is 4.18 Å². The molecule has 92 valence electrons. The molecule has 0 saturated heterocycles. The minimum Gasteiger partial charge on any atom is -0.445 e. The van der Waals surface area contributed by atoms with E-state index in [1.54, 1.807) is 18.2 Å². The summed E-state index contributed by atoms with van der Waals surface area (Å²) in [5.41, 5.74) is -1.24. The van der Waals surface area contributed by atoms with E-state index < -0.39 is 15.7 Å². The van der Waals surface area contributed by atoms with E-state index in [4.69, 9.17) is 20.2 Å². The lowest BCUT2D eigenvalue weighted by molar-refractivity contribution is 0.103. The van der Waals surface area contributed by atoms with Crippen molar-refractivity contribution in [2.24, 2.45) is 0 Å². The van der Waals surface area contributed by atoms with Crippen LogP contribution in [0.4, 0.5) is 0 Å². The number of halogens is 1. The Morgan fingerprint density at radius 1 is 1.59 bits per heavy atom. The van der Waals surface area contributed by atoms with E-state index in [-0.39, 0.29) is 6.42 Å². The maximum Gasteiger partial charge on any atom is 0.265 e. The molecule has 1 aromatic heterocycles. The van der Waals surface area contributed by atoms with Crippen molar-refractivity contribution < 1.29 is 17.0 Å². The fourth-order valence-corrected chi connectivity index (χ4v) is 2.65. The Morgan fingerprint density at radius 2 is 2.35 bits per heavy atom. The molecule has 0 fully saturated rings. The summed E-state index contributed by atoms with van der Waals surface area (Å²) in [7, 11) is -3.66. The molecule has 1 aliphatic rings. The Morgan fingerprint density at radius 3 is 2.88 bits per heavy atom. The van der Waals surface area contributed by atoms with E-state index in [2.05, 4.69) is 4.98 Å². The van der Waals surface area contributed by atoms with E-state index >= 15 is 0 Å². The zero-order valence-electron chi connectivity index (χ0n) is 8.96. The Kier molecular flexibility index (Phi) is 3.11. The average Bonchev–Trinajstić information content (AvgIpc) is 2.67. The number of nitrogens with zero attached hydrogens (tertiary/aromatic N) is 1. The maximum absolute atomic E-state index is 11.3. The third-order valence-corrected chi connectivity index (χ3v) is 3.08.